The Hall–Kier alpha value is -2.35. The quantitative estimate of drug-likeness (QED) is 0.153. The molecule has 0 aromatic carbocycles. The average molecular weight is 818 g/mol. The largest absolute Gasteiger partial charge is 0.392 e. The van der Waals surface area contributed by atoms with Crippen LogP contribution < -0.4 is 16.4 Å². The van der Waals surface area contributed by atoms with Crippen LogP contribution in [0.3, 0.4) is 0 Å². The lowest BCUT2D eigenvalue weighted by molar-refractivity contribution is -0.215. The molecule has 0 amide bonds. The maximum absolute atomic E-state index is 15.4. The fourth-order valence-corrected chi connectivity index (χ4v) is 15.5. The average Bonchev–Trinajstić information content (AvgIpc) is 3.42. The van der Waals surface area contributed by atoms with Gasteiger partial charge in [-0.15, -0.1) is 0 Å². The molecule has 326 valence electrons. The van der Waals surface area contributed by atoms with Crippen LogP contribution in [0.4, 0.5) is 0 Å². The van der Waals surface area contributed by atoms with Gasteiger partial charge in [-0.3, -0.25) is 4.79 Å². The molecule has 59 heavy (non-hydrogen) atoms. The zero-order chi connectivity index (χ0) is 42.1. The van der Waals surface area contributed by atoms with E-state index in [1.807, 2.05) is 25.3 Å². The van der Waals surface area contributed by atoms with Crippen molar-refractivity contribution in [2.45, 2.75) is 166 Å². The SMILES string of the molecule is CCC[C@@H]1CC[C@H]2[C@H](C)[C@H]([C@@H](O)[C@](C)(O)[C@H]3CC[C@@]4(O)C5=C(NC[C@H](C)O)C(=O)[C@@H]6C[C@@H](O)[C@@H](O)C[C@@]67C[C@@]6(C8=CNC(N)C=C8)C=C[C@@H](C[C@]34C)[C@@]57C=C6)O[C@@H]2CC1. The van der Waals surface area contributed by atoms with Crippen molar-refractivity contribution in [2.24, 2.45) is 62.9 Å². The number of hydrogen-bond donors (Lipinski definition) is 9. The van der Waals surface area contributed by atoms with Gasteiger partial charge in [-0.1, -0.05) is 70.4 Å². The molecule has 2 bridgehead atoms. The van der Waals surface area contributed by atoms with E-state index in [0.29, 0.717) is 36.7 Å². The first-order valence-corrected chi connectivity index (χ1v) is 23.0. The summed E-state index contributed by atoms with van der Waals surface area (Å²) in [6.45, 7) is 9.93. The van der Waals surface area contributed by atoms with Crippen molar-refractivity contribution in [3.63, 3.8) is 0 Å². The van der Waals surface area contributed by atoms with E-state index in [1.165, 1.54) is 12.8 Å². The van der Waals surface area contributed by atoms with Crippen LogP contribution in [0.25, 0.3) is 0 Å². The number of carbonyl (C=O) groups is 1. The second kappa shape index (κ2) is 14.3. The maximum Gasteiger partial charge on any atom is 0.182 e. The number of ketones is 1. The highest BCUT2D eigenvalue weighted by Crippen LogP contribution is 2.80. The van der Waals surface area contributed by atoms with E-state index >= 15 is 4.79 Å². The number of carbonyl (C=O) groups excluding carboxylic acids is 1. The number of ether oxygens (including phenoxy) is 1. The molecular weight excluding hydrogens is 747 g/mol. The number of rotatable bonds is 9. The van der Waals surface area contributed by atoms with Gasteiger partial charge < -0.3 is 51.7 Å². The van der Waals surface area contributed by atoms with Gasteiger partial charge in [0.15, 0.2) is 5.78 Å². The van der Waals surface area contributed by atoms with Crippen LogP contribution in [0.1, 0.15) is 112 Å². The molecule has 10 aliphatic rings. The summed E-state index contributed by atoms with van der Waals surface area (Å²) in [6.07, 6.45) is 18.3. The topological polar surface area (TPSA) is 198 Å². The van der Waals surface area contributed by atoms with Crippen LogP contribution in [0.5, 0.6) is 0 Å². The number of hydrogen-bond acceptors (Lipinski definition) is 11. The number of fused-ring (bicyclic) bond motifs is 3. The zero-order valence-corrected chi connectivity index (χ0v) is 35.8. The Morgan fingerprint density at radius 3 is 2.54 bits per heavy atom. The molecule has 2 spiro atoms. The smallest absolute Gasteiger partial charge is 0.182 e. The van der Waals surface area contributed by atoms with Gasteiger partial charge in [0.2, 0.25) is 0 Å². The fourth-order valence-electron chi connectivity index (χ4n) is 15.5. The Labute approximate surface area is 350 Å². The van der Waals surface area contributed by atoms with E-state index in [-0.39, 0.29) is 61.4 Å². The highest BCUT2D eigenvalue weighted by molar-refractivity contribution is 6.01. The highest BCUT2D eigenvalue weighted by Gasteiger charge is 2.79. The standard InChI is InChI=1S/C48H71N3O8/c1-6-7-28-8-11-31-27(3)40(59-35(31)12-9-28)42(56)44(5,57)36-15-17-48(58)41-38(51-23-26(2)52)39(55)32-20-33(53)34(54)22-46(32)25-45(30-10-13-37(49)50-24-30)16-14-29(21-43(36,48)4)47(41,46)19-18-45/h10,13-14,16,18-19,24,26-29,31-37,40,42,50-54,56-58H,6-9,11-12,15,17,20-23,25,49H2,1-5H3/t26-,27-,28+,29-,31-,32-,33+,34-,35+,36-,37?,40+,42+,43+,44+,45+,46+,47-,48+/m0/s1. The Balaban J connectivity index is 1.17. The monoisotopic (exact) mass is 818 g/mol. The third-order valence-corrected chi connectivity index (χ3v) is 18.4. The minimum Gasteiger partial charge on any atom is -0.392 e. The zero-order valence-electron chi connectivity index (χ0n) is 35.8. The first-order chi connectivity index (χ1) is 27.9. The molecule has 10 rings (SSSR count). The number of aliphatic hydroxyl groups excluding tert-OH is 4. The number of aliphatic hydroxyl groups is 6. The van der Waals surface area contributed by atoms with Crippen LogP contribution in [0.2, 0.25) is 0 Å². The molecule has 2 aliphatic heterocycles. The predicted molar refractivity (Wildman–Crippen MR) is 224 cm³/mol. The highest BCUT2D eigenvalue weighted by atomic mass is 16.5. The lowest BCUT2D eigenvalue weighted by Crippen LogP contribution is -2.72. The number of nitrogens with one attached hydrogen (secondary N) is 2. The van der Waals surface area contributed by atoms with E-state index < -0.39 is 75.2 Å². The summed E-state index contributed by atoms with van der Waals surface area (Å²) in [6, 6.07) is 0. The van der Waals surface area contributed by atoms with Gasteiger partial charge in [0, 0.05) is 34.9 Å². The Bertz CT molecular complexity index is 1860. The third-order valence-electron chi connectivity index (χ3n) is 18.4. The first kappa shape index (κ1) is 42.0. The summed E-state index contributed by atoms with van der Waals surface area (Å²) >= 11 is 0. The van der Waals surface area contributed by atoms with E-state index in [4.69, 9.17) is 10.5 Å². The molecule has 1 saturated heterocycles. The van der Waals surface area contributed by atoms with Crippen LogP contribution in [0, 0.1) is 57.2 Å². The van der Waals surface area contributed by atoms with E-state index in [1.54, 1.807) is 13.8 Å². The Morgan fingerprint density at radius 1 is 1.07 bits per heavy atom. The molecule has 5 fully saturated rings. The third kappa shape index (κ3) is 5.77. The molecule has 0 radical (unpaired) electrons. The van der Waals surface area contributed by atoms with Crippen LogP contribution in [-0.4, -0.2) is 97.0 Å². The van der Waals surface area contributed by atoms with Crippen molar-refractivity contribution < 1.29 is 40.2 Å². The van der Waals surface area contributed by atoms with Gasteiger partial charge >= 0.3 is 0 Å². The molecule has 11 nitrogen and oxygen atoms in total. The molecular formula is C48H71N3O8. The lowest BCUT2D eigenvalue weighted by Gasteiger charge is -2.71. The van der Waals surface area contributed by atoms with Gasteiger partial charge in [-0.25, -0.2) is 0 Å². The van der Waals surface area contributed by atoms with Crippen molar-refractivity contribution in [3.8, 4) is 0 Å². The minimum absolute atomic E-state index is 0.0491. The fraction of sp³-hybridized carbons (Fsp3) is 0.771. The normalized spacial score (nSPS) is 50.3. The van der Waals surface area contributed by atoms with Crippen LogP contribution in [-0.2, 0) is 9.53 Å². The van der Waals surface area contributed by atoms with Crippen molar-refractivity contribution >= 4 is 5.78 Å². The predicted octanol–water partition coefficient (Wildman–Crippen LogP) is 4.03. The Morgan fingerprint density at radius 2 is 1.83 bits per heavy atom. The van der Waals surface area contributed by atoms with E-state index in [9.17, 15) is 30.6 Å². The lowest BCUT2D eigenvalue weighted by atomic mass is 9.33. The second-order valence-electron chi connectivity index (χ2n) is 21.4. The summed E-state index contributed by atoms with van der Waals surface area (Å²) in [7, 11) is 0. The molecule has 10 N–H and O–H groups in total. The first-order valence-electron chi connectivity index (χ1n) is 23.0. The number of nitrogens with two attached hydrogens (primary N) is 1. The van der Waals surface area contributed by atoms with Gasteiger partial charge in [0.1, 0.15) is 6.10 Å². The molecule has 19 atom stereocenters. The van der Waals surface area contributed by atoms with Crippen LogP contribution >= 0.6 is 0 Å². The molecule has 4 saturated carbocycles. The van der Waals surface area contributed by atoms with Gasteiger partial charge in [-0.05, 0) is 124 Å². The van der Waals surface area contributed by atoms with Crippen LogP contribution in [0.15, 0.2) is 59.5 Å². The number of Topliss-reactive ketones (excluding diaryl/α,β-unsaturated/α-hetero) is 1. The molecule has 8 aliphatic carbocycles. The summed E-state index contributed by atoms with van der Waals surface area (Å²) in [4.78, 5) is 15.4. The molecule has 0 aromatic rings. The van der Waals surface area contributed by atoms with Gasteiger partial charge in [0.25, 0.3) is 0 Å². The van der Waals surface area contributed by atoms with E-state index in [2.05, 4.69) is 48.8 Å². The number of dihydropyridines is 1. The van der Waals surface area contributed by atoms with Gasteiger partial charge in [-0.2, -0.15) is 0 Å². The summed E-state index contributed by atoms with van der Waals surface area (Å²) in [5, 5.41) is 79.5. The molecule has 11 heteroatoms. The molecule has 0 aromatic heterocycles. The van der Waals surface area contributed by atoms with Crippen molar-refractivity contribution in [1.29, 1.82) is 0 Å². The van der Waals surface area contributed by atoms with Crippen molar-refractivity contribution in [3.05, 3.63) is 59.5 Å². The number of allylic oxidation sites excluding steroid dienone is 7. The van der Waals surface area contributed by atoms with Crippen molar-refractivity contribution in [2.75, 3.05) is 6.54 Å². The summed E-state index contributed by atoms with van der Waals surface area (Å²) in [5.41, 5.74) is 1.22. The molecule has 2 heterocycles. The Kier molecular flexibility index (Phi) is 10.2. The molecule has 1 unspecified atom stereocenters. The van der Waals surface area contributed by atoms with Crippen molar-refractivity contribution in [1.82, 2.24) is 10.6 Å². The second-order valence-corrected chi connectivity index (χ2v) is 21.4. The van der Waals surface area contributed by atoms with Gasteiger partial charge in [0.05, 0.1) is 53.6 Å². The minimum atomic E-state index is -1.65. The van der Waals surface area contributed by atoms with E-state index in [0.717, 1.165) is 31.3 Å². The summed E-state index contributed by atoms with van der Waals surface area (Å²) in [5.74, 6) is -0.683. The summed E-state index contributed by atoms with van der Waals surface area (Å²) < 4.78 is 6.78. The maximum atomic E-state index is 15.4.